The predicted octanol–water partition coefficient (Wildman–Crippen LogP) is 4.49. The Morgan fingerprint density at radius 2 is 1.90 bits per heavy atom. The second-order valence-electron chi connectivity index (χ2n) is 6.99. The van der Waals surface area contributed by atoms with Crippen molar-refractivity contribution < 1.29 is 4.79 Å². The average molecular weight is 422 g/mol. The first-order valence-electron chi connectivity index (χ1n) is 9.86. The number of hydrogen-bond donors (Lipinski definition) is 1. The third kappa shape index (κ3) is 5.10. The molecule has 3 rings (SSSR count). The molecule has 6 nitrogen and oxygen atoms in total. The van der Waals surface area contributed by atoms with E-state index in [1.54, 1.807) is 0 Å². The number of nitrogens with zero attached hydrogens (tertiary/aromatic N) is 4. The van der Waals surface area contributed by atoms with Crippen molar-refractivity contribution in [1.82, 2.24) is 14.8 Å². The molecular weight excluding hydrogens is 394 g/mol. The van der Waals surface area contributed by atoms with Crippen molar-refractivity contribution in [3.63, 3.8) is 0 Å². The molecule has 0 radical (unpaired) electrons. The van der Waals surface area contributed by atoms with Crippen molar-refractivity contribution in [2.45, 2.75) is 25.0 Å². The minimum atomic E-state index is -0.0639. The molecule has 0 atom stereocenters. The number of allylic oxidation sites excluding steroid dienone is 1. The highest BCUT2D eigenvalue weighted by Gasteiger charge is 2.15. The first-order chi connectivity index (χ1) is 14.5. The maximum absolute atomic E-state index is 12.5. The van der Waals surface area contributed by atoms with Crippen molar-refractivity contribution in [3.8, 4) is 11.4 Å². The Hall–Kier alpha value is -3.06. The highest BCUT2D eigenvalue weighted by atomic mass is 32.2. The first-order valence-corrected chi connectivity index (χ1v) is 10.8. The smallest absolute Gasteiger partial charge is 0.234 e. The summed E-state index contributed by atoms with van der Waals surface area (Å²) in [6, 6.07) is 16.0. The maximum Gasteiger partial charge on any atom is 0.234 e. The fourth-order valence-corrected chi connectivity index (χ4v) is 3.83. The van der Waals surface area contributed by atoms with E-state index >= 15 is 0 Å². The third-order valence-electron chi connectivity index (χ3n) is 4.68. The molecule has 0 fully saturated rings. The van der Waals surface area contributed by atoms with Crippen LogP contribution in [0, 0.1) is 0 Å². The van der Waals surface area contributed by atoms with Gasteiger partial charge in [-0.3, -0.25) is 9.36 Å². The van der Waals surface area contributed by atoms with Gasteiger partial charge in [0.25, 0.3) is 0 Å². The largest absolute Gasteiger partial charge is 0.378 e. The molecule has 156 valence electrons. The highest BCUT2D eigenvalue weighted by molar-refractivity contribution is 7.99. The number of hydrogen-bond acceptors (Lipinski definition) is 5. The standard InChI is InChI=1S/C23H27N5OS/c1-5-15-28-22(18-11-13-19(14-12-18)27(3)4)25-26-23(28)30-16-21(29)24-20-10-8-7-9-17(20)6-2/h5,7-14H,1,6,15-16H2,2-4H3,(H,24,29). The summed E-state index contributed by atoms with van der Waals surface area (Å²) in [5.74, 6) is 0.956. The molecular formula is C23H27N5OS. The van der Waals surface area contributed by atoms with Crippen molar-refractivity contribution in [2.24, 2.45) is 0 Å². The molecule has 2 aromatic carbocycles. The third-order valence-corrected chi connectivity index (χ3v) is 5.64. The molecule has 1 N–H and O–H groups in total. The van der Waals surface area contributed by atoms with Crippen LogP contribution in [0.2, 0.25) is 0 Å². The summed E-state index contributed by atoms with van der Waals surface area (Å²) in [6.07, 6.45) is 2.68. The van der Waals surface area contributed by atoms with E-state index in [4.69, 9.17) is 0 Å². The van der Waals surface area contributed by atoms with Gasteiger partial charge >= 0.3 is 0 Å². The Bertz CT molecular complexity index is 1010. The van der Waals surface area contributed by atoms with Gasteiger partial charge in [-0.05, 0) is 42.3 Å². The molecule has 0 unspecified atom stereocenters. The first kappa shape index (κ1) is 21.6. The summed E-state index contributed by atoms with van der Waals surface area (Å²) in [4.78, 5) is 14.5. The number of amides is 1. The van der Waals surface area contributed by atoms with E-state index in [-0.39, 0.29) is 11.7 Å². The van der Waals surface area contributed by atoms with Crippen LogP contribution in [0.1, 0.15) is 12.5 Å². The lowest BCUT2D eigenvalue weighted by atomic mass is 10.1. The molecule has 30 heavy (non-hydrogen) atoms. The van der Waals surface area contributed by atoms with Crippen LogP contribution in [0.4, 0.5) is 11.4 Å². The number of carbonyl (C=O) groups excluding carboxylic acids is 1. The predicted molar refractivity (Wildman–Crippen MR) is 125 cm³/mol. The molecule has 0 spiro atoms. The monoisotopic (exact) mass is 421 g/mol. The minimum Gasteiger partial charge on any atom is -0.378 e. The molecule has 0 aliphatic heterocycles. The van der Waals surface area contributed by atoms with Crippen LogP contribution in [0.3, 0.4) is 0 Å². The van der Waals surface area contributed by atoms with Gasteiger partial charge in [0, 0.05) is 37.6 Å². The fourth-order valence-electron chi connectivity index (χ4n) is 3.08. The molecule has 0 aliphatic rings. The SMILES string of the molecule is C=CCn1c(SCC(=O)Nc2ccccc2CC)nnc1-c1ccc(N(C)C)cc1. The number of aryl methyl sites for hydroxylation is 1. The number of rotatable bonds is 9. The lowest BCUT2D eigenvalue weighted by molar-refractivity contribution is -0.113. The van der Waals surface area contributed by atoms with Crippen LogP contribution in [0.5, 0.6) is 0 Å². The zero-order valence-electron chi connectivity index (χ0n) is 17.6. The molecule has 1 amide bonds. The lowest BCUT2D eigenvalue weighted by Crippen LogP contribution is -2.15. The zero-order valence-corrected chi connectivity index (χ0v) is 18.4. The van der Waals surface area contributed by atoms with E-state index in [9.17, 15) is 4.79 Å². The van der Waals surface area contributed by atoms with E-state index in [1.807, 2.05) is 73.3 Å². The van der Waals surface area contributed by atoms with Gasteiger partial charge in [0.15, 0.2) is 11.0 Å². The van der Waals surface area contributed by atoms with Crippen LogP contribution < -0.4 is 10.2 Å². The number of nitrogens with one attached hydrogen (secondary N) is 1. The van der Waals surface area contributed by atoms with Gasteiger partial charge in [-0.25, -0.2) is 0 Å². The molecule has 0 saturated heterocycles. The Labute approximate surface area is 182 Å². The summed E-state index contributed by atoms with van der Waals surface area (Å²) in [7, 11) is 4.02. The van der Waals surface area contributed by atoms with E-state index in [0.717, 1.165) is 34.7 Å². The molecule has 1 heterocycles. The van der Waals surface area contributed by atoms with Crippen molar-refractivity contribution in [2.75, 3.05) is 30.1 Å². The summed E-state index contributed by atoms with van der Waals surface area (Å²) < 4.78 is 1.98. The van der Waals surface area contributed by atoms with E-state index in [1.165, 1.54) is 11.8 Å². The molecule has 0 aliphatic carbocycles. The minimum absolute atomic E-state index is 0.0639. The Kier molecular flexibility index (Phi) is 7.30. The molecule has 7 heteroatoms. The van der Waals surface area contributed by atoms with Gasteiger partial charge in [0.1, 0.15) is 0 Å². The number of para-hydroxylation sites is 1. The second-order valence-corrected chi connectivity index (χ2v) is 7.94. The number of aromatic nitrogens is 3. The van der Waals surface area contributed by atoms with Gasteiger partial charge < -0.3 is 10.2 Å². The zero-order chi connectivity index (χ0) is 21.5. The number of benzene rings is 2. The van der Waals surface area contributed by atoms with Crippen molar-refractivity contribution >= 4 is 29.0 Å². The van der Waals surface area contributed by atoms with Gasteiger partial charge in [-0.15, -0.1) is 16.8 Å². The second kappa shape index (κ2) is 10.1. The summed E-state index contributed by atoms with van der Waals surface area (Å²) >= 11 is 1.37. The normalized spacial score (nSPS) is 10.6. The van der Waals surface area contributed by atoms with E-state index in [0.29, 0.717) is 11.7 Å². The van der Waals surface area contributed by atoms with Crippen LogP contribution >= 0.6 is 11.8 Å². The molecule has 0 saturated carbocycles. The molecule has 1 aromatic heterocycles. The average Bonchev–Trinajstić information content (AvgIpc) is 3.15. The van der Waals surface area contributed by atoms with Gasteiger partial charge in [0.05, 0.1) is 5.75 Å². The van der Waals surface area contributed by atoms with E-state index < -0.39 is 0 Å². The van der Waals surface area contributed by atoms with Crippen LogP contribution in [0.15, 0.2) is 66.3 Å². The highest BCUT2D eigenvalue weighted by Crippen LogP contribution is 2.26. The summed E-state index contributed by atoms with van der Waals surface area (Å²) in [5, 5.41) is 12.4. The van der Waals surface area contributed by atoms with Crippen molar-refractivity contribution in [1.29, 1.82) is 0 Å². The Balaban J connectivity index is 1.73. The topological polar surface area (TPSA) is 63.1 Å². The van der Waals surface area contributed by atoms with Gasteiger partial charge in [-0.2, -0.15) is 0 Å². The van der Waals surface area contributed by atoms with Crippen LogP contribution in [0.25, 0.3) is 11.4 Å². The number of carbonyl (C=O) groups is 1. The van der Waals surface area contributed by atoms with Gasteiger partial charge in [0.2, 0.25) is 5.91 Å². The van der Waals surface area contributed by atoms with Crippen LogP contribution in [-0.4, -0.2) is 40.5 Å². The number of anilines is 2. The Morgan fingerprint density at radius 3 is 2.57 bits per heavy atom. The Morgan fingerprint density at radius 1 is 1.17 bits per heavy atom. The van der Waals surface area contributed by atoms with Crippen molar-refractivity contribution in [3.05, 3.63) is 66.7 Å². The number of thioether (sulfide) groups is 1. The summed E-state index contributed by atoms with van der Waals surface area (Å²) in [5.41, 5.74) is 4.07. The molecule has 3 aromatic rings. The van der Waals surface area contributed by atoms with Gasteiger partial charge in [-0.1, -0.05) is 43.0 Å². The van der Waals surface area contributed by atoms with E-state index in [2.05, 4.69) is 33.9 Å². The lowest BCUT2D eigenvalue weighted by Gasteiger charge is -2.13. The maximum atomic E-state index is 12.5. The summed E-state index contributed by atoms with van der Waals surface area (Å²) in [6.45, 7) is 6.49. The van der Waals surface area contributed by atoms with Crippen LogP contribution in [-0.2, 0) is 17.8 Å². The molecule has 0 bridgehead atoms. The quantitative estimate of drug-likeness (QED) is 0.407. The fraction of sp³-hybridized carbons (Fsp3) is 0.261.